The summed E-state index contributed by atoms with van der Waals surface area (Å²) in [5.41, 5.74) is 1.70. The van der Waals surface area contributed by atoms with Crippen LogP contribution in [0, 0.1) is 6.92 Å². The van der Waals surface area contributed by atoms with Crippen molar-refractivity contribution in [3.05, 3.63) is 47.3 Å². The van der Waals surface area contributed by atoms with Gasteiger partial charge in [-0.05, 0) is 18.9 Å². The van der Waals surface area contributed by atoms with Crippen LogP contribution in [0.1, 0.15) is 41.1 Å². The van der Waals surface area contributed by atoms with Crippen molar-refractivity contribution in [2.45, 2.75) is 26.3 Å². The third kappa shape index (κ3) is 2.11. The number of carboxylic acid groups (broad SMARTS) is 1. The standard InChI is InChI=1S/C13H15N3O2/c1-3-11(10-7-5-4-6-8-10)16-9(2)12(13(17)18)14-15-16/h4-8,11H,3H2,1-2H3,(H,17,18). The molecule has 0 spiro atoms. The fourth-order valence-corrected chi connectivity index (χ4v) is 2.06. The Bertz CT molecular complexity index is 549. The summed E-state index contributed by atoms with van der Waals surface area (Å²) in [6.45, 7) is 3.77. The first-order valence-electron chi connectivity index (χ1n) is 5.85. The lowest BCUT2D eigenvalue weighted by Gasteiger charge is -2.16. The lowest BCUT2D eigenvalue weighted by Crippen LogP contribution is -2.13. The summed E-state index contributed by atoms with van der Waals surface area (Å²) < 4.78 is 1.68. The highest BCUT2D eigenvalue weighted by molar-refractivity contribution is 5.86. The summed E-state index contributed by atoms with van der Waals surface area (Å²) in [6.07, 6.45) is 0.827. The van der Waals surface area contributed by atoms with Crippen LogP contribution in [0.25, 0.3) is 0 Å². The molecular formula is C13H15N3O2. The minimum absolute atomic E-state index is 0.0179. The van der Waals surface area contributed by atoms with Crippen LogP contribution in [0.2, 0.25) is 0 Å². The number of aromatic nitrogens is 3. The van der Waals surface area contributed by atoms with Gasteiger partial charge in [-0.1, -0.05) is 42.5 Å². The zero-order valence-electron chi connectivity index (χ0n) is 10.4. The molecule has 1 aromatic carbocycles. The average molecular weight is 245 g/mol. The first-order valence-corrected chi connectivity index (χ1v) is 5.85. The molecule has 1 heterocycles. The van der Waals surface area contributed by atoms with Crippen molar-refractivity contribution in [2.24, 2.45) is 0 Å². The molecule has 0 bridgehead atoms. The molecule has 0 saturated heterocycles. The minimum Gasteiger partial charge on any atom is -0.476 e. The lowest BCUT2D eigenvalue weighted by molar-refractivity contribution is 0.0689. The predicted molar refractivity (Wildman–Crippen MR) is 66.6 cm³/mol. The number of carboxylic acids is 1. The molecule has 1 unspecified atom stereocenters. The minimum atomic E-state index is -1.04. The first-order chi connectivity index (χ1) is 8.65. The normalized spacial score (nSPS) is 12.3. The van der Waals surface area contributed by atoms with E-state index in [1.54, 1.807) is 11.6 Å². The van der Waals surface area contributed by atoms with Crippen LogP contribution in [-0.2, 0) is 0 Å². The van der Waals surface area contributed by atoms with Gasteiger partial charge in [0.1, 0.15) is 0 Å². The monoisotopic (exact) mass is 245 g/mol. The number of nitrogens with zero attached hydrogens (tertiary/aromatic N) is 3. The largest absolute Gasteiger partial charge is 0.476 e. The van der Waals surface area contributed by atoms with Gasteiger partial charge in [0.25, 0.3) is 0 Å². The van der Waals surface area contributed by atoms with Crippen LogP contribution < -0.4 is 0 Å². The molecule has 18 heavy (non-hydrogen) atoms. The van der Waals surface area contributed by atoms with Gasteiger partial charge in [-0.25, -0.2) is 9.48 Å². The van der Waals surface area contributed by atoms with E-state index in [-0.39, 0.29) is 11.7 Å². The molecule has 1 N–H and O–H groups in total. The van der Waals surface area contributed by atoms with E-state index < -0.39 is 5.97 Å². The van der Waals surface area contributed by atoms with E-state index in [1.165, 1.54) is 0 Å². The Morgan fingerprint density at radius 1 is 1.39 bits per heavy atom. The molecule has 1 aromatic heterocycles. The zero-order valence-corrected chi connectivity index (χ0v) is 10.4. The smallest absolute Gasteiger partial charge is 0.358 e. The van der Waals surface area contributed by atoms with Crippen molar-refractivity contribution < 1.29 is 9.90 Å². The van der Waals surface area contributed by atoms with Gasteiger partial charge >= 0.3 is 5.97 Å². The van der Waals surface area contributed by atoms with E-state index in [9.17, 15) is 4.79 Å². The summed E-state index contributed by atoms with van der Waals surface area (Å²) in [5.74, 6) is -1.04. The van der Waals surface area contributed by atoms with Crippen molar-refractivity contribution in [3.8, 4) is 0 Å². The van der Waals surface area contributed by atoms with Gasteiger partial charge in [0.2, 0.25) is 0 Å². The maximum atomic E-state index is 11.0. The highest BCUT2D eigenvalue weighted by Crippen LogP contribution is 2.22. The number of carbonyl (C=O) groups is 1. The van der Waals surface area contributed by atoms with Crippen LogP contribution in [-0.4, -0.2) is 26.1 Å². The second kappa shape index (κ2) is 5.00. The maximum absolute atomic E-state index is 11.0. The number of rotatable bonds is 4. The van der Waals surface area contributed by atoms with E-state index in [0.29, 0.717) is 5.69 Å². The molecule has 0 aliphatic carbocycles. The molecule has 0 aliphatic rings. The highest BCUT2D eigenvalue weighted by atomic mass is 16.4. The van der Waals surface area contributed by atoms with Crippen molar-refractivity contribution in [3.63, 3.8) is 0 Å². The molecular weight excluding hydrogens is 230 g/mol. The number of benzene rings is 1. The number of aromatic carboxylic acids is 1. The molecule has 5 heteroatoms. The van der Waals surface area contributed by atoms with Crippen molar-refractivity contribution in [2.75, 3.05) is 0 Å². The average Bonchev–Trinajstić information content (AvgIpc) is 2.74. The van der Waals surface area contributed by atoms with Crippen molar-refractivity contribution >= 4 is 5.97 Å². The fourth-order valence-electron chi connectivity index (χ4n) is 2.06. The second-order valence-electron chi connectivity index (χ2n) is 4.11. The van der Waals surface area contributed by atoms with Crippen LogP contribution in [0.5, 0.6) is 0 Å². The Morgan fingerprint density at radius 2 is 2.06 bits per heavy atom. The number of hydrogen-bond acceptors (Lipinski definition) is 3. The Hall–Kier alpha value is -2.17. The molecule has 2 rings (SSSR count). The second-order valence-corrected chi connectivity index (χ2v) is 4.11. The van der Waals surface area contributed by atoms with Crippen LogP contribution >= 0.6 is 0 Å². The summed E-state index contributed by atoms with van der Waals surface area (Å²) >= 11 is 0. The highest BCUT2D eigenvalue weighted by Gasteiger charge is 2.20. The summed E-state index contributed by atoms with van der Waals surface area (Å²) in [4.78, 5) is 11.0. The molecule has 1 atom stereocenters. The van der Waals surface area contributed by atoms with Crippen molar-refractivity contribution in [1.29, 1.82) is 0 Å². The fraction of sp³-hybridized carbons (Fsp3) is 0.308. The summed E-state index contributed by atoms with van der Waals surface area (Å²) in [6, 6.07) is 9.91. The van der Waals surface area contributed by atoms with E-state index >= 15 is 0 Å². The molecule has 5 nitrogen and oxygen atoms in total. The Balaban J connectivity index is 2.43. The zero-order chi connectivity index (χ0) is 13.1. The Labute approximate surface area is 105 Å². The van der Waals surface area contributed by atoms with Gasteiger partial charge in [-0.15, -0.1) is 5.10 Å². The van der Waals surface area contributed by atoms with Gasteiger partial charge in [-0.2, -0.15) is 0 Å². The first kappa shape index (κ1) is 12.3. The third-order valence-corrected chi connectivity index (χ3v) is 3.00. The van der Waals surface area contributed by atoms with Gasteiger partial charge in [0.15, 0.2) is 5.69 Å². The summed E-state index contributed by atoms with van der Waals surface area (Å²) in [5, 5.41) is 16.7. The van der Waals surface area contributed by atoms with Crippen LogP contribution in [0.3, 0.4) is 0 Å². The lowest BCUT2D eigenvalue weighted by atomic mass is 10.0. The van der Waals surface area contributed by atoms with Gasteiger partial charge < -0.3 is 5.11 Å². The van der Waals surface area contributed by atoms with E-state index in [2.05, 4.69) is 10.3 Å². The quantitative estimate of drug-likeness (QED) is 0.897. The molecule has 94 valence electrons. The summed E-state index contributed by atoms with van der Waals surface area (Å²) in [7, 11) is 0. The molecule has 0 fully saturated rings. The van der Waals surface area contributed by atoms with Gasteiger partial charge in [-0.3, -0.25) is 0 Å². The molecule has 2 aromatic rings. The van der Waals surface area contributed by atoms with Crippen molar-refractivity contribution in [1.82, 2.24) is 15.0 Å². The Kier molecular flexibility index (Phi) is 3.41. The third-order valence-electron chi connectivity index (χ3n) is 3.00. The molecule has 0 radical (unpaired) electrons. The Morgan fingerprint density at radius 3 is 2.56 bits per heavy atom. The molecule has 0 aliphatic heterocycles. The van der Waals surface area contributed by atoms with E-state index in [1.807, 2.05) is 37.3 Å². The number of hydrogen-bond donors (Lipinski definition) is 1. The topological polar surface area (TPSA) is 68.0 Å². The van der Waals surface area contributed by atoms with Gasteiger partial charge in [0, 0.05) is 0 Å². The molecule has 0 saturated carbocycles. The maximum Gasteiger partial charge on any atom is 0.358 e. The predicted octanol–water partition coefficient (Wildman–Crippen LogP) is 2.28. The van der Waals surface area contributed by atoms with Gasteiger partial charge in [0.05, 0.1) is 11.7 Å². The van der Waals surface area contributed by atoms with Crippen LogP contribution in [0.4, 0.5) is 0 Å². The SMILES string of the molecule is CCC(c1ccccc1)n1nnc(C(=O)O)c1C. The molecule has 0 amide bonds. The van der Waals surface area contributed by atoms with Crippen LogP contribution in [0.15, 0.2) is 30.3 Å². The van der Waals surface area contributed by atoms with E-state index in [4.69, 9.17) is 5.11 Å². The van der Waals surface area contributed by atoms with E-state index in [0.717, 1.165) is 12.0 Å².